The lowest BCUT2D eigenvalue weighted by molar-refractivity contribution is 0.416. The fourth-order valence-electron chi connectivity index (χ4n) is 1.76. The maximum Gasteiger partial charge on any atom is 0.243 e. The second kappa shape index (κ2) is 5.51. The van der Waals surface area contributed by atoms with Gasteiger partial charge in [-0.05, 0) is 18.2 Å². The summed E-state index contributed by atoms with van der Waals surface area (Å²) in [6.45, 7) is 0.227. The van der Waals surface area contributed by atoms with Crippen molar-refractivity contribution in [1.82, 2.24) is 14.5 Å². The fraction of sp³-hybridized carbons (Fsp3) is 0.250. The lowest BCUT2D eigenvalue weighted by Gasteiger charge is -2.17. The third kappa shape index (κ3) is 2.75. The van der Waals surface area contributed by atoms with E-state index in [1.54, 1.807) is 12.4 Å². The van der Waals surface area contributed by atoms with Crippen molar-refractivity contribution in [3.63, 3.8) is 0 Å². The van der Waals surface area contributed by atoms with Gasteiger partial charge in [-0.1, -0.05) is 0 Å². The topological polar surface area (TPSA) is 101 Å². The first kappa shape index (κ1) is 14.4. The summed E-state index contributed by atoms with van der Waals surface area (Å²) in [6, 6.07) is 4.39. The molecule has 0 aliphatic heterocycles. The van der Waals surface area contributed by atoms with Gasteiger partial charge < -0.3 is 10.5 Å². The van der Waals surface area contributed by atoms with Crippen LogP contribution in [0.4, 0.5) is 5.69 Å². The van der Waals surface area contributed by atoms with Crippen molar-refractivity contribution in [2.75, 3.05) is 19.9 Å². The minimum absolute atomic E-state index is 0.127. The summed E-state index contributed by atoms with van der Waals surface area (Å²) in [4.78, 5) is 0.127. The van der Waals surface area contributed by atoms with E-state index in [1.165, 1.54) is 36.7 Å². The quantitative estimate of drug-likeness (QED) is 0.795. The number of nitrogen functional groups attached to an aromatic ring is 1. The van der Waals surface area contributed by atoms with E-state index < -0.39 is 10.0 Å². The molecule has 0 fully saturated rings. The average Bonchev–Trinajstić information content (AvgIpc) is 2.91. The van der Waals surface area contributed by atoms with Crippen molar-refractivity contribution < 1.29 is 13.2 Å². The Morgan fingerprint density at radius 1 is 1.45 bits per heavy atom. The van der Waals surface area contributed by atoms with Gasteiger partial charge in [0.25, 0.3) is 0 Å². The van der Waals surface area contributed by atoms with Crippen LogP contribution in [0.1, 0.15) is 5.56 Å². The van der Waals surface area contributed by atoms with E-state index in [0.29, 0.717) is 5.75 Å². The summed E-state index contributed by atoms with van der Waals surface area (Å²) in [6.07, 6.45) is 3.23. The summed E-state index contributed by atoms with van der Waals surface area (Å²) in [5.41, 5.74) is 6.80. The summed E-state index contributed by atoms with van der Waals surface area (Å²) < 4.78 is 31.1. The van der Waals surface area contributed by atoms with Gasteiger partial charge in [0, 0.05) is 25.4 Å². The lowest BCUT2D eigenvalue weighted by Crippen LogP contribution is -2.26. The number of hydrogen-bond donors (Lipinski definition) is 2. The number of H-pyrrole nitrogens is 1. The number of sulfonamides is 1. The SMILES string of the molecule is COc1ccc(S(=O)(=O)N(C)Cc2cn[nH]c2)cc1N. The molecule has 0 bridgehead atoms. The molecule has 2 rings (SSSR count). The molecule has 2 aromatic rings. The third-order valence-electron chi connectivity index (χ3n) is 2.87. The first-order chi connectivity index (χ1) is 9.45. The number of nitrogens with two attached hydrogens (primary N) is 1. The number of aromatic nitrogens is 2. The van der Waals surface area contributed by atoms with Crippen LogP contribution < -0.4 is 10.5 Å². The first-order valence-corrected chi connectivity index (χ1v) is 7.26. The molecule has 0 unspecified atom stereocenters. The van der Waals surface area contributed by atoms with E-state index in [0.717, 1.165) is 5.56 Å². The van der Waals surface area contributed by atoms with Gasteiger partial charge in [-0.15, -0.1) is 0 Å². The van der Waals surface area contributed by atoms with Crippen LogP contribution in [-0.4, -0.2) is 37.1 Å². The first-order valence-electron chi connectivity index (χ1n) is 5.82. The Morgan fingerprint density at radius 3 is 2.75 bits per heavy atom. The lowest BCUT2D eigenvalue weighted by atomic mass is 10.3. The van der Waals surface area contributed by atoms with Gasteiger partial charge in [0.05, 0.1) is 23.9 Å². The van der Waals surface area contributed by atoms with Crippen LogP contribution in [0.25, 0.3) is 0 Å². The molecule has 0 atom stereocenters. The van der Waals surface area contributed by atoms with Crippen molar-refractivity contribution in [2.24, 2.45) is 0 Å². The molecule has 0 saturated heterocycles. The smallest absolute Gasteiger partial charge is 0.243 e. The number of benzene rings is 1. The highest BCUT2D eigenvalue weighted by Gasteiger charge is 2.22. The van der Waals surface area contributed by atoms with E-state index in [-0.39, 0.29) is 17.1 Å². The third-order valence-corrected chi connectivity index (χ3v) is 4.67. The molecular weight excluding hydrogens is 280 g/mol. The van der Waals surface area contributed by atoms with Crippen molar-refractivity contribution in [2.45, 2.75) is 11.4 Å². The Morgan fingerprint density at radius 2 is 2.20 bits per heavy atom. The zero-order valence-corrected chi connectivity index (χ0v) is 12.0. The number of nitrogens with one attached hydrogen (secondary N) is 1. The van der Waals surface area contributed by atoms with Crippen molar-refractivity contribution in [3.05, 3.63) is 36.2 Å². The molecule has 0 spiro atoms. The molecule has 0 aliphatic carbocycles. The van der Waals surface area contributed by atoms with Crippen molar-refractivity contribution in [3.8, 4) is 5.75 Å². The van der Waals surface area contributed by atoms with E-state index >= 15 is 0 Å². The Bertz CT molecular complexity index is 683. The zero-order chi connectivity index (χ0) is 14.8. The molecule has 3 N–H and O–H groups in total. The van der Waals surface area contributed by atoms with Gasteiger partial charge in [-0.2, -0.15) is 9.40 Å². The molecule has 0 amide bonds. The largest absolute Gasteiger partial charge is 0.495 e. The van der Waals surface area contributed by atoms with Gasteiger partial charge in [-0.25, -0.2) is 8.42 Å². The van der Waals surface area contributed by atoms with Crippen molar-refractivity contribution >= 4 is 15.7 Å². The number of rotatable bonds is 5. The van der Waals surface area contributed by atoms with Crippen LogP contribution in [0.3, 0.4) is 0 Å². The van der Waals surface area contributed by atoms with E-state index in [2.05, 4.69) is 10.2 Å². The maximum absolute atomic E-state index is 12.4. The molecular formula is C12H16N4O3S. The molecule has 1 aromatic carbocycles. The standard InChI is InChI=1S/C12H16N4O3S/c1-16(8-9-6-14-15-7-9)20(17,18)10-3-4-12(19-2)11(13)5-10/h3-7H,8,13H2,1-2H3,(H,14,15). The Kier molecular flexibility index (Phi) is 3.96. The number of nitrogens with zero attached hydrogens (tertiary/aromatic N) is 2. The van der Waals surface area contributed by atoms with Crippen LogP contribution in [0.5, 0.6) is 5.75 Å². The van der Waals surface area contributed by atoms with Crippen LogP contribution in [0.15, 0.2) is 35.5 Å². The minimum Gasteiger partial charge on any atom is -0.495 e. The number of methoxy groups -OCH3 is 1. The molecule has 8 heteroatoms. The van der Waals surface area contributed by atoms with Gasteiger partial charge in [-0.3, -0.25) is 5.10 Å². The second-order valence-electron chi connectivity index (χ2n) is 4.27. The van der Waals surface area contributed by atoms with Gasteiger partial charge in [0.15, 0.2) is 0 Å². The summed E-state index contributed by atoms with van der Waals surface area (Å²) >= 11 is 0. The fourth-order valence-corrected chi connectivity index (χ4v) is 2.95. The van der Waals surface area contributed by atoms with Gasteiger partial charge in [0.2, 0.25) is 10.0 Å². The van der Waals surface area contributed by atoms with Gasteiger partial charge >= 0.3 is 0 Å². The molecule has 0 aliphatic rings. The van der Waals surface area contributed by atoms with Crippen LogP contribution >= 0.6 is 0 Å². The highest BCUT2D eigenvalue weighted by Crippen LogP contribution is 2.26. The molecule has 0 radical (unpaired) electrons. The monoisotopic (exact) mass is 296 g/mol. The molecule has 20 heavy (non-hydrogen) atoms. The predicted molar refractivity (Wildman–Crippen MR) is 74.6 cm³/mol. The van der Waals surface area contributed by atoms with E-state index in [4.69, 9.17) is 10.5 Å². The number of ether oxygens (including phenoxy) is 1. The molecule has 0 saturated carbocycles. The predicted octanol–water partition coefficient (Wildman–Crippen LogP) is 0.821. The van der Waals surface area contributed by atoms with E-state index in [9.17, 15) is 8.42 Å². The van der Waals surface area contributed by atoms with Crippen molar-refractivity contribution in [1.29, 1.82) is 0 Å². The van der Waals surface area contributed by atoms with Crippen LogP contribution in [0.2, 0.25) is 0 Å². The average molecular weight is 296 g/mol. The van der Waals surface area contributed by atoms with Crippen LogP contribution in [-0.2, 0) is 16.6 Å². The Labute approximate surface area is 117 Å². The number of hydrogen-bond acceptors (Lipinski definition) is 5. The highest BCUT2D eigenvalue weighted by atomic mass is 32.2. The zero-order valence-electron chi connectivity index (χ0n) is 11.2. The summed E-state index contributed by atoms with van der Waals surface area (Å²) in [5.74, 6) is 0.446. The Hall–Kier alpha value is -2.06. The number of aromatic amines is 1. The Balaban J connectivity index is 2.27. The highest BCUT2D eigenvalue weighted by molar-refractivity contribution is 7.89. The van der Waals surface area contributed by atoms with Gasteiger partial charge in [0.1, 0.15) is 5.75 Å². The molecule has 1 heterocycles. The van der Waals surface area contributed by atoms with Crippen LogP contribution in [0, 0.1) is 0 Å². The minimum atomic E-state index is -3.61. The molecule has 7 nitrogen and oxygen atoms in total. The maximum atomic E-state index is 12.4. The summed E-state index contributed by atoms with van der Waals surface area (Å²) in [5, 5.41) is 6.43. The molecule has 1 aromatic heterocycles. The van der Waals surface area contributed by atoms with E-state index in [1.807, 2.05) is 0 Å². The summed E-state index contributed by atoms with van der Waals surface area (Å²) in [7, 11) is -0.627. The second-order valence-corrected chi connectivity index (χ2v) is 6.32. The normalized spacial score (nSPS) is 11.8. The number of anilines is 1. The molecule has 108 valence electrons.